The second-order valence-corrected chi connectivity index (χ2v) is 6.24. The molecule has 0 spiro atoms. The van der Waals surface area contributed by atoms with Gasteiger partial charge in [-0.15, -0.1) is 0 Å². The molecule has 2 aliphatic rings. The topological polar surface area (TPSA) is 32.3 Å². The Morgan fingerprint density at radius 1 is 1.00 bits per heavy atom. The maximum Gasteiger partial charge on any atom is 0.228 e. The molecule has 1 saturated heterocycles. The third-order valence-electron chi connectivity index (χ3n) is 4.84. The summed E-state index contributed by atoms with van der Waals surface area (Å²) in [6.45, 7) is 2.20. The summed E-state index contributed by atoms with van der Waals surface area (Å²) in [5, 5.41) is 2.91. The first-order valence-electron chi connectivity index (χ1n) is 8.02. The van der Waals surface area contributed by atoms with Crippen LogP contribution in [-0.2, 0) is 11.2 Å². The molecule has 22 heavy (non-hydrogen) atoms. The highest BCUT2D eigenvalue weighted by molar-refractivity contribution is 5.99. The molecule has 0 aliphatic carbocycles. The summed E-state index contributed by atoms with van der Waals surface area (Å²) in [7, 11) is 0. The molecule has 0 atom stereocenters. The average molecular weight is 292 g/mol. The standard InChI is InChI=1S/C19H20N2O/c22-19-13-16-12-15(6-7-18(16)20-19)14-8-10-21(11-9-14)17-4-2-1-3-5-17/h1-7,12,14H,8-11,13H2,(H,20,22). The van der Waals surface area contributed by atoms with Crippen molar-refractivity contribution in [1.82, 2.24) is 0 Å². The molecule has 2 aromatic rings. The zero-order chi connectivity index (χ0) is 14.9. The number of hydrogen-bond donors (Lipinski definition) is 1. The first-order chi connectivity index (χ1) is 10.8. The molecule has 2 heterocycles. The van der Waals surface area contributed by atoms with Crippen LogP contribution in [0, 0.1) is 0 Å². The fourth-order valence-electron chi connectivity index (χ4n) is 3.61. The summed E-state index contributed by atoms with van der Waals surface area (Å²) < 4.78 is 0. The van der Waals surface area contributed by atoms with Crippen molar-refractivity contribution in [2.24, 2.45) is 0 Å². The number of amides is 1. The van der Waals surface area contributed by atoms with Gasteiger partial charge < -0.3 is 10.2 Å². The summed E-state index contributed by atoms with van der Waals surface area (Å²) in [6, 6.07) is 17.1. The highest BCUT2D eigenvalue weighted by Crippen LogP contribution is 2.33. The van der Waals surface area contributed by atoms with Gasteiger partial charge in [0.1, 0.15) is 0 Å². The second-order valence-electron chi connectivity index (χ2n) is 6.24. The molecular formula is C19H20N2O. The molecule has 1 fully saturated rings. The van der Waals surface area contributed by atoms with E-state index in [-0.39, 0.29) is 5.91 Å². The van der Waals surface area contributed by atoms with Crippen molar-refractivity contribution in [3.8, 4) is 0 Å². The number of piperidine rings is 1. The number of benzene rings is 2. The Hall–Kier alpha value is -2.29. The van der Waals surface area contributed by atoms with E-state index in [1.165, 1.54) is 24.1 Å². The van der Waals surface area contributed by atoms with Crippen LogP contribution in [0.25, 0.3) is 0 Å². The number of rotatable bonds is 2. The monoisotopic (exact) mass is 292 g/mol. The van der Waals surface area contributed by atoms with Gasteiger partial charge in [0.2, 0.25) is 5.91 Å². The van der Waals surface area contributed by atoms with Crippen LogP contribution < -0.4 is 10.2 Å². The zero-order valence-electron chi connectivity index (χ0n) is 12.6. The van der Waals surface area contributed by atoms with Crippen LogP contribution in [0.2, 0.25) is 0 Å². The van der Waals surface area contributed by atoms with Gasteiger partial charge in [-0.3, -0.25) is 4.79 Å². The van der Waals surface area contributed by atoms with E-state index in [2.05, 4.69) is 58.7 Å². The Balaban J connectivity index is 1.46. The van der Waals surface area contributed by atoms with Gasteiger partial charge in [0.05, 0.1) is 6.42 Å². The molecule has 0 radical (unpaired) electrons. The lowest BCUT2D eigenvalue weighted by atomic mass is 9.88. The quantitative estimate of drug-likeness (QED) is 0.918. The zero-order valence-corrected chi connectivity index (χ0v) is 12.6. The number of nitrogens with one attached hydrogen (secondary N) is 1. The number of para-hydroxylation sites is 1. The first-order valence-corrected chi connectivity index (χ1v) is 8.02. The molecule has 4 rings (SSSR count). The van der Waals surface area contributed by atoms with Gasteiger partial charge in [-0.05, 0) is 48.1 Å². The van der Waals surface area contributed by atoms with Crippen LogP contribution in [0.3, 0.4) is 0 Å². The molecule has 2 aliphatic heterocycles. The van der Waals surface area contributed by atoms with Gasteiger partial charge >= 0.3 is 0 Å². The molecule has 3 nitrogen and oxygen atoms in total. The van der Waals surface area contributed by atoms with Crippen molar-refractivity contribution in [2.75, 3.05) is 23.3 Å². The van der Waals surface area contributed by atoms with Crippen molar-refractivity contribution >= 4 is 17.3 Å². The highest BCUT2D eigenvalue weighted by atomic mass is 16.1. The molecule has 1 amide bonds. The van der Waals surface area contributed by atoms with E-state index in [0.29, 0.717) is 12.3 Å². The van der Waals surface area contributed by atoms with Gasteiger partial charge in [0, 0.05) is 24.5 Å². The number of nitrogens with zero attached hydrogens (tertiary/aromatic N) is 1. The van der Waals surface area contributed by atoms with Crippen molar-refractivity contribution in [2.45, 2.75) is 25.2 Å². The summed E-state index contributed by atoms with van der Waals surface area (Å²) in [4.78, 5) is 13.9. The predicted octanol–water partition coefficient (Wildman–Crippen LogP) is 3.57. The van der Waals surface area contributed by atoms with Crippen LogP contribution in [0.4, 0.5) is 11.4 Å². The van der Waals surface area contributed by atoms with Crippen molar-refractivity contribution < 1.29 is 4.79 Å². The minimum absolute atomic E-state index is 0.117. The summed E-state index contributed by atoms with van der Waals surface area (Å²) in [5.41, 5.74) is 4.87. The number of carbonyl (C=O) groups is 1. The number of anilines is 2. The lowest BCUT2D eigenvalue weighted by Gasteiger charge is -2.34. The molecule has 0 aromatic heterocycles. The van der Waals surface area contributed by atoms with Crippen molar-refractivity contribution in [3.63, 3.8) is 0 Å². The highest BCUT2D eigenvalue weighted by Gasteiger charge is 2.23. The van der Waals surface area contributed by atoms with E-state index < -0.39 is 0 Å². The van der Waals surface area contributed by atoms with E-state index in [0.717, 1.165) is 24.3 Å². The van der Waals surface area contributed by atoms with Crippen molar-refractivity contribution in [3.05, 3.63) is 59.7 Å². The van der Waals surface area contributed by atoms with E-state index in [4.69, 9.17) is 0 Å². The Bertz CT molecular complexity index is 688. The Kier molecular flexibility index (Phi) is 3.34. The molecule has 1 N–H and O–H groups in total. The van der Waals surface area contributed by atoms with Crippen molar-refractivity contribution in [1.29, 1.82) is 0 Å². The minimum Gasteiger partial charge on any atom is -0.371 e. The fourth-order valence-corrected chi connectivity index (χ4v) is 3.61. The SMILES string of the molecule is O=C1Cc2cc(C3CCN(c4ccccc4)CC3)ccc2N1. The van der Waals surface area contributed by atoms with Crippen LogP contribution in [0.1, 0.15) is 29.9 Å². The lowest BCUT2D eigenvalue weighted by Crippen LogP contribution is -2.32. The van der Waals surface area contributed by atoms with Crippen LogP contribution >= 0.6 is 0 Å². The van der Waals surface area contributed by atoms with Gasteiger partial charge in [-0.1, -0.05) is 30.3 Å². The third-order valence-corrected chi connectivity index (χ3v) is 4.84. The van der Waals surface area contributed by atoms with Crippen LogP contribution in [0.5, 0.6) is 0 Å². The molecule has 3 heteroatoms. The number of hydrogen-bond acceptors (Lipinski definition) is 2. The van der Waals surface area contributed by atoms with Gasteiger partial charge in [-0.25, -0.2) is 0 Å². The van der Waals surface area contributed by atoms with E-state index >= 15 is 0 Å². The average Bonchev–Trinajstić information content (AvgIpc) is 2.95. The molecule has 0 unspecified atom stereocenters. The van der Waals surface area contributed by atoms with Gasteiger partial charge in [-0.2, -0.15) is 0 Å². The summed E-state index contributed by atoms with van der Waals surface area (Å²) in [5.74, 6) is 0.729. The van der Waals surface area contributed by atoms with Crippen LogP contribution in [0.15, 0.2) is 48.5 Å². The lowest BCUT2D eigenvalue weighted by molar-refractivity contribution is -0.115. The molecule has 0 bridgehead atoms. The Labute approximate surface area is 131 Å². The maximum atomic E-state index is 11.5. The summed E-state index contributed by atoms with van der Waals surface area (Å²) in [6.07, 6.45) is 2.89. The minimum atomic E-state index is 0.117. The normalized spacial score (nSPS) is 18.2. The number of fused-ring (bicyclic) bond motifs is 1. The molecule has 112 valence electrons. The Morgan fingerprint density at radius 2 is 1.77 bits per heavy atom. The molecular weight excluding hydrogens is 272 g/mol. The largest absolute Gasteiger partial charge is 0.371 e. The predicted molar refractivity (Wildman–Crippen MR) is 89.4 cm³/mol. The first kappa shape index (κ1) is 13.4. The Morgan fingerprint density at radius 3 is 2.55 bits per heavy atom. The van der Waals surface area contributed by atoms with Gasteiger partial charge in [0.25, 0.3) is 0 Å². The van der Waals surface area contributed by atoms with E-state index in [9.17, 15) is 4.79 Å². The second kappa shape index (κ2) is 5.48. The fraction of sp³-hybridized carbons (Fsp3) is 0.316. The summed E-state index contributed by atoms with van der Waals surface area (Å²) >= 11 is 0. The smallest absolute Gasteiger partial charge is 0.228 e. The van der Waals surface area contributed by atoms with Crippen LogP contribution in [-0.4, -0.2) is 19.0 Å². The van der Waals surface area contributed by atoms with E-state index in [1.54, 1.807) is 0 Å². The molecule has 0 saturated carbocycles. The van der Waals surface area contributed by atoms with E-state index in [1.807, 2.05) is 0 Å². The van der Waals surface area contributed by atoms with Gasteiger partial charge in [0.15, 0.2) is 0 Å². The third kappa shape index (κ3) is 2.47. The molecule has 2 aromatic carbocycles. The maximum absolute atomic E-state index is 11.5. The number of carbonyl (C=O) groups excluding carboxylic acids is 1.